The SMILES string of the molecule is Nc1ncnc2c1ncn2[C@@H]1C[C@H](O)C2(CO2)C1. The fourth-order valence-corrected chi connectivity index (χ4v) is 2.84. The highest BCUT2D eigenvalue weighted by Gasteiger charge is 2.57. The Kier molecular flexibility index (Phi) is 1.80. The maximum atomic E-state index is 10.00. The molecule has 1 saturated carbocycles. The van der Waals surface area contributed by atoms with Gasteiger partial charge in [0.2, 0.25) is 0 Å². The second-order valence-electron chi connectivity index (χ2n) is 5.05. The number of hydrogen-bond donors (Lipinski definition) is 2. The molecule has 0 amide bonds. The van der Waals surface area contributed by atoms with Gasteiger partial charge in [-0.15, -0.1) is 0 Å². The third-order valence-electron chi connectivity index (χ3n) is 3.98. The molecule has 0 aromatic carbocycles. The molecule has 4 rings (SSSR count). The molecule has 1 aliphatic heterocycles. The number of hydrogen-bond acceptors (Lipinski definition) is 6. The van der Waals surface area contributed by atoms with Crippen molar-refractivity contribution in [2.45, 2.75) is 30.6 Å². The van der Waals surface area contributed by atoms with E-state index in [4.69, 9.17) is 10.5 Å². The van der Waals surface area contributed by atoms with Crippen molar-refractivity contribution in [3.8, 4) is 0 Å². The largest absolute Gasteiger partial charge is 0.390 e. The summed E-state index contributed by atoms with van der Waals surface area (Å²) in [5.41, 5.74) is 6.78. The van der Waals surface area contributed by atoms with E-state index in [9.17, 15) is 5.11 Å². The number of nitrogens with zero attached hydrogens (tertiary/aromatic N) is 4. The average molecular weight is 247 g/mol. The van der Waals surface area contributed by atoms with Gasteiger partial charge in [-0.2, -0.15) is 0 Å². The Hall–Kier alpha value is -1.73. The first-order valence-corrected chi connectivity index (χ1v) is 5.95. The topological polar surface area (TPSA) is 102 Å². The molecule has 1 spiro atoms. The Morgan fingerprint density at radius 2 is 2.28 bits per heavy atom. The molecule has 7 nitrogen and oxygen atoms in total. The number of ether oxygens (including phenoxy) is 1. The molecule has 2 aromatic rings. The van der Waals surface area contributed by atoms with Gasteiger partial charge in [0.1, 0.15) is 17.4 Å². The molecule has 3 heterocycles. The summed E-state index contributed by atoms with van der Waals surface area (Å²) in [5.74, 6) is 0.384. The van der Waals surface area contributed by atoms with E-state index in [1.807, 2.05) is 4.57 Å². The zero-order valence-corrected chi connectivity index (χ0v) is 9.65. The minimum atomic E-state index is -0.404. The molecular weight excluding hydrogens is 234 g/mol. The quantitative estimate of drug-likeness (QED) is 0.681. The molecule has 3 N–H and O–H groups in total. The van der Waals surface area contributed by atoms with E-state index in [1.165, 1.54) is 6.33 Å². The van der Waals surface area contributed by atoms with E-state index in [1.54, 1.807) is 6.33 Å². The lowest BCUT2D eigenvalue weighted by Gasteiger charge is -2.11. The van der Waals surface area contributed by atoms with Crippen LogP contribution in [0.2, 0.25) is 0 Å². The minimum Gasteiger partial charge on any atom is -0.390 e. The van der Waals surface area contributed by atoms with Crippen molar-refractivity contribution in [1.82, 2.24) is 19.5 Å². The highest BCUT2D eigenvalue weighted by Crippen LogP contribution is 2.48. The van der Waals surface area contributed by atoms with E-state index in [0.717, 1.165) is 12.1 Å². The van der Waals surface area contributed by atoms with Crippen molar-refractivity contribution in [2.24, 2.45) is 0 Å². The summed E-state index contributed by atoms with van der Waals surface area (Å²) < 4.78 is 7.36. The maximum Gasteiger partial charge on any atom is 0.165 e. The fourth-order valence-electron chi connectivity index (χ4n) is 2.84. The van der Waals surface area contributed by atoms with E-state index in [-0.39, 0.29) is 11.6 Å². The summed E-state index contributed by atoms with van der Waals surface area (Å²) in [4.78, 5) is 12.4. The van der Waals surface area contributed by atoms with Gasteiger partial charge in [-0.25, -0.2) is 15.0 Å². The zero-order valence-electron chi connectivity index (χ0n) is 9.65. The summed E-state index contributed by atoms with van der Waals surface area (Å²) in [5, 5.41) is 10.00. The van der Waals surface area contributed by atoms with Gasteiger partial charge in [-0.05, 0) is 6.42 Å². The average Bonchev–Trinajstić information content (AvgIpc) is 2.88. The third-order valence-corrected chi connectivity index (χ3v) is 3.98. The lowest BCUT2D eigenvalue weighted by atomic mass is 10.1. The molecule has 1 unspecified atom stereocenters. The number of aliphatic hydroxyl groups excluding tert-OH is 1. The third kappa shape index (κ3) is 1.23. The summed E-state index contributed by atoms with van der Waals surface area (Å²) in [6, 6.07) is 0.154. The van der Waals surface area contributed by atoms with Gasteiger partial charge in [0, 0.05) is 12.5 Å². The van der Waals surface area contributed by atoms with Crippen molar-refractivity contribution >= 4 is 17.0 Å². The van der Waals surface area contributed by atoms with Crippen LogP contribution in [0.4, 0.5) is 5.82 Å². The van der Waals surface area contributed by atoms with Crippen molar-refractivity contribution in [3.63, 3.8) is 0 Å². The fraction of sp³-hybridized carbons (Fsp3) is 0.545. The molecule has 18 heavy (non-hydrogen) atoms. The van der Waals surface area contributed by atoms with Gasteiger partial charge in [0.05, 0.1) is 19.0 Å². The standard InChI is InChI=1S/C11H13N5O2/c12-9-8-10(14-4-13-9)16(5-15-8)6-1-7(17)11(2-6)3-18-11/h4-7,17H,1-3H2,(H2,12,13,14)/t6-,7+,11?/m1/s1. The van der Waals surface area contributed by atoms with Crippen molar-refractivity contribution in [1.29, 1.82) is 0 Å². The maximum absolute atomic E-state index is 10.00. The summed E-state index contributed by atoms with van der Waals surface area (Å²) >= 11 is 0. The molecule has 2 fully saturated rings. The van der Waals surface area contributed by atoms with Gasteiger partial charge in [-0.1, -0.05) is 0 Å². The van der Waals surface area contributed by atoms with Crippen LogP contribution in [0, 0.1) is 0 Å². The smallest absolute Gasteiger partial charge is 0.165 e. The van der Waals surface area contributed by atoms with Gasteiger partial charge in [0.15, 0.2) is 11.5 Å². The van der Waals surface area contributed by atoms with E-state index >= 15 is 0 Å². The molecule has 0 bridgehead atoms. The number of nitrogens with two attached hydrogens (primary N) is 1. The minimum absolute atomic E-state index is 0.154. The van der Waals surface area contributed by atoms with Crippen LogP contribution >= 0.6 is 0 Å². The van der Waals surface area contributed by atoms with Crippen LogP contribution < -0.4 is 5.73 Å². The molecule has 94 valence electrons. The summed E-state index contributed by atoms with van der Waals surface area (Å²) in [6.07, 6.45) is 4.21. The molecule has 1 saturated heterocycles. The molecule has 1 aliphatic carbocycles. The van der Waals surface area contributed by atoms with Crippen LogP contribution in [-0.2, 0) is 4.74 Å². The molecule has 2 aliphatic rings. The zero-order chi connectivity index (χ0) is 12.3. The first-order valence-electron chi connectivity index (χ1n) is 5.95. The first-order chi connectivity index (χ1) is 8.70. The number of imidazole rings is 1. The van der Waals surface area contributed by atoms with Gasteiger partial charge in [0.25, 0.3) is 0 Å². The molecular formula is C11H13N5O2. The van der Waals surface area contributed by atoms with Crippen molar-refractivity contribution < 1.29 is 9.84 Å². The highest BCUT2D eigenvalue weighted by molar-refractivity contribution is 5.81. The number of rotatable bonds is 1. The molecule has 7 heteroatoms. The van der Waals surface area contributed by atoms with Crippen LogP contribution in [0.1, 0.15) is 18.9 Å². The van der Waals surface area contributed by atoms with E-state index < -0.39 is 6.10 Å². The number of fused-ring (bicyclic) bond motifs is 1. The van der Waals surface area contributed by atoms with E-state index in [0.29, 0.717) is 24.4 Å². The van der Waals surface area contributed by atoms with Crippen molar-refractivity contribution in [2.75, 3.05) is 12.3 Å². The Morgan fingerprint density at radius 3 is 3.00 bits per heavy atom. The van der Waals surface area contributed by atoms with Crippen LogP contribution in [0.25, 0.3) is 11.2 Å². The summed E-state index contributed by atoms with van der Waals surface area (Å²) in [6.45, 7) is 0.647. The monoisotopic (exact) mass is 247 g/mol. The molecule has 0 radical (unpaired) electrons. The lowest BCUT2D eigenvalue weighted by molar-refractivity contribution is 0.0994. The number of aliphatic hydroxyl groups is 1. The molecule has 3 atom stereocenters. The Bertz CT molecular complexity index is 621. The number of anilines is 1. The number of epoxide rings is 1. The second kappa shape index (κ2) is 3.18. The normalized spacial score (nSPS) is 34.5. The van der Waals surface area contributed by atoms with Gasteiger partial charge < -0.3 is 20.1 Å². The van der Waals surface area contributed by atoms with Crippen molar-refractivity contribution in [3.05, 3.63) is 12.7 Å². The summed E-state index contributed by atoms with van der Waals surface area (Å²) in [7, 11) is 0. The predicted octanol–water partition coefficient (Wildman–Crippen LogP) is -0.127. The number of aromatic nitrogens is 4. The van der Waals surface area contributed by atoms with Gasteiger partial charge in [-0.3, -0.25) is 0 Å². The Balaban J connectivity index is 1.77. The van der Waals surface area contributed by atoms with Crippen LogP contribution in [0.3, 0.4) is 0 Å². The Morgan fingerprint density at radius 1 is 1.44 bits per heavy atom. The first kappa shape index (κ1) is 10.2. The van der Waals surface area contributed by atoms with Gasteiger partial charge >= 0.3 is 0 Å². The second-order valence-corrected chi connectivity index (χ2v) is 5.05. The van der Waals surface area contributed by atoms with Crippen LogP contribution in [0.15, 0.2) is 12.7 Å². The van der Waals surface area contributed by atoms with E-state index in [2.05, 4.69) is 15.0 Å². The predicted molar refractivity (Wildman–Crippen MR) is 62.7 cm³/mol. The van der Waals surface area contributed by atoms with Crippen LogP contribution in [0.5, 0.6) is 0 Å². The van der Waals surface area contributed by atoms with Crippen LogP contribution in [-0.4, -0.2) is 42.9 Å². The lowest BCUT2D eigenvalue weighted by Crippen LogP contribution is -2.22. The highest BCUT2D eigenvalue weighted by atomic mass is 16.6. The number of nitrogen functional groups attached to an aromatic ring is 1. The Labute approximate surface area is 103 Å². The molecule has 2 aromatic heterocycles.